The molecule has 0 amide bonds. The number of hydrogen-bond donors (Lipinski definition) is 5. The van der Waals surface area contributed by atoms with Crippen LogP contribution in [0.5, 0.6) is 0 Å². The lowest BCUT2D eigenvalue weighted by molar-refractivity contribution is -0.293. The van der Waals surface area contributed by atoms with Crippen molar-refractivity contribution < 1.29 is 44.6 Å². The van der Waals surface area contributed by atoms with Gasteiger partial charge in [-0.05, 0) is 55.9 Å². The van der Waals surface area contributed by atoms with Crippen molar-refractivity contribution in [2.75, 3.05) is 13.2 Å². The third-order valence-electron chi connectivity index (χ3n) is 6.17. The van der Waals surface area contributed by atoms with E-state index in [4.69, 9.17) is 14.6 Å². The molecule has 5 N–H and O–H groups in total. The van der Waals surface area contributed by atoms with Gasteiger partial charge in [-0.15, -0.1) is 0 Å². The number of benzene rings is 1. The fourth-order valence-corrected chi connectivity index (χ4v) is 4.35. The van der Waals surface area contributed by atoms with Crippen LogP contribution in [0.1, 0.15) is 39.5 Å². The minimum Gasteiger partial charge on any atom is -0.479 e. The second kappa shape index (κ2) is 8.33. The van der Waals surface area contributed by atoms with Crippen molar-refractivity contribution in [2.24, 2.45) is 5.41 Å². The first kappa shape index (κ1) is 22.8. The average molecular weight is 424 g/mol. The zero-order valence-electron chi connectivity index (χ0n) is 17.2. The van der Waals surface area contributed by atoms with E-state index in [1.165, 1.54) is 0 Å². The van der Waals surface area contributed by atoms with Crippen molar-refractivity contribution in [1.82, 2.24) is 0 Å². The number of carbonyl (C=O) groups excluding carboxylic acids is 1. The first-order chi connectivity index (χ1) is 14.0. The Bertz CT molecular complexity index is 851. The maximum atomic E-state index is 12.8. The van der Waals surface area contributed by atoms with Gasteiger partial charge in [0.05, 0.1) is 18.6 Å². The monoisotopic (exact) mass is 424 g/mol. The lowest BCUT2D eigenvalue weighted by Gasteiger charge is -2.38. The number of hydrogen-bond acceptors (Lipinski definition) is 8. The number of carboxylic acid groups (broad SMARTS) is 1. The highest BCUT2D eigenvalue weighted by atomic mass is 16.7. The molecule has 0 bridgehead atoms. The van der Waals surface area contributed by atoms with Crippen LogP contribution in [-0.4, -0.2) is 81.2 Å². The number of carbonyl (C=O) groups is 2. The zero-order chi connectivity index (χ0) is 22.4. The van der Waals surface area contributed by atoms with Gasteiger partial charge in [0.2, 0.25) is 0 Å². The van der Waals surface area contributed by atoms with E-state index in [0.717, 1.165) is 22.3 Å². The maximum absolute atomic E-state index is 12.8. The van der Waals surface area contributed by atoms with Gasteiger partial charge in [0, 0.05) is 5.56 Å². The molecule has 0 spiro atoms. The number of carboxylic acids is 1. The number of ether oxygens (including phenoxy) is 2. The molecule has 1 saturated heterocycles. The van der Waals surface area contributed by atoms with E-state index in [9.17, 15) is 30.0 Å². The summed E-state index contributed by atoms with van der Waals surface area (Å²) in [6.07, 6.45) is -7.40. The molecule has 0 aromatic heterocycles. The number of aryl methyl sites for hydroxylation is 1. The SMILES string of the molecule is Cc1cc2c(c(C)c1CCO[C@@H]1O[C@H](C(=O)O)[C@@H](O)[C@H](O)[C@H]1O)C(=O)[C@](C)(CO)C2. The molecule has 1 aromatic rings. The predicted molar refractivity (Wildman–Crippen MR) is 103 cm³/mol. The van der Waals surface area contributed by atoms with E-state index in [-0.39, 0.29) is 19.0 Å². The average Bonchev–Trinajstić information content (AvgIpc) is 2.94. The van der Waals surface area contributed by atoms with Crippen molar-refractivity contribution in [1.29, 1.82) is 0 Å². The molecule has 1 heterocycles. The first-order valence-corrected chi connectivity index (χ1v) is 9.83. The third kappa shape index (κ3) is 3.77. The van der Waals surface area contributed by atoms with Crippen LogP contribution in [0.2, 0.25) is 0 Å². The molecule has 0 radical (unpaired) electrons. The molecule has 9 nitrogen and oxygen atoms in total. The van der Waals surface area contributed by atoms with Crippen molar-refractivity contribution >= 4 is 11.8 Å². The molecule has 1 aliphatic heterocycles. The Morgan fingerprint density at radius 1 is 1.23 bits per heavy atom. The Balaban J connectivity index is 1.73. The minimum atomic E-state index is -1.77. The Labute approximate surface area is 173 Å². The molecule has 166 valence electrons. The quantitative estimate of drug-likeness (QED) is 0.406. The summed E-state index contributed by atoms with van der Waals surface area (Å²) in [6, 6.07) is 1.93. The van der Waals surface area contributed by atoms with Crippen LogP contribution >= 0.6 is 0 Å². The molecule has 1 aliphatic carbocycles. The molecular formula is C21H28O9. The topological polar surface area (TPSA) is 154 Å². The Kier molecular flexibility index (Phi) is 6.33. The van der Waals surface area contributed by atoms with Crippen molar-refractivity contribution in [3.63, 3.8) is 0 Å². The summed E-state index contributed by atoms with van der Waals surface area (Å²) in [6.45, 7) is 5.30. The number of aliphatic carboxylic acids is 1. The van der Waals surface area contributed by atoms with Crippen molar-refractivity contribution in [3.8, 4) is 0 Å². The number of ketones is 1. The molecule has 6 atom stereocenters. The predicted octanol–water partition coefficient (Wildman–Crippen LogP) is -0.508. The molecular weight excluding hydrogens is 396 g/mol. The highest BCUT2D eigenvalue weighted by molar-refractivity contribution is 6.06. The number of aliphatic hydroxyl groups is 4. The maximum Gasteiger partial charge on any atom is 0.335 e. The summed E-state index contributed by atoms with van der Waals surface area (Å²) in [4.78, 5) is 24.0. The molecule has 1 fully saturated rings. The third-order valence-corrected chi connectivity index (χ3v) is 6.17. The summed E-state index contributed by atoms with van der Waals surface area (Å²) in [7, 11) is 0. The number of rotatable bonds is 6. The Morgan fingerprint density at radius 3 is 2.50 bits per heavy atom. The summed E-state index contributed by atoms with van der Waals surface area (Å²) in [5, 5.41) is 48.4. The molecule has 1 aromatic carbocycles. The van der Waals surface area contributed by atoms with Gasteiger partial charge in [0.1, 0.15) is 18.3 Å². The molecule has 3 rings (SSSR count). The highest BCUT2D eigenvalue weighted by Gasteiger charge is 2.47. The van der Waals surface area contributed by atoms with Crippen LogP contribution in [0.15, 0.2) is 6.07 Å². The van der Waals surface area contributed by atoms with Gasteiger partial charge in [-0.3, -0.25) is 4.79 Å². The van der Waals surface area contributed by atoms with Crippen molar-refractivity contribution in [2.45, 2.75) is 64.3 Å². The Hall–Kier alpha value is -1.88. The molecule has 9 heteroatoms. The number of aliphatic hydroxyl groups excluding tert-OH is 4. The zero-order valence-corrected chi connectivity index (χ0v) is 17.2. The summed E-state index contributed by atoms with van der Waals surface area (Å²) >= 11 is 0. The van der Waals surface area contributed by atoms with E-state index < -0.39 is 42.1 Å². The number of fused-ring (bicyclic) bond motifs is 1. The lowest BCUT2D eigenvalue weighted by atomic mass is 9.86. The van der Waals surface area contributed by atoms with E-state index in [2.05, 4.69) is 0 Å². The van der Waals surface area contributed by atoms with E-state index in [1.54, 1.807) is 6.92 Å². The minimum absolute atomic E-state index is 0.0306. The standard InChI is InChI=1S/C21H28O9/c1-9-6-11-7-21(3,8-22)18(26)13(11)10(2)12(9)4-5-29-20-16(25)14(23)15(24)17(30-20)19(27)28/h6,14-17,20,22-25H,4-5,7-8H2,1-3H3,(H,27,28)/t14-,15-,16+,17-,20+,21-/m0/s1. The fourth-order valence-electron chi connectivity index (χ4n) is 4.35. The van der Waals surface area contributed by atoms with Gasteiger partial charge in [-0.2, -0.15) is 0 Å². The van der Waals surface area contributed by atoms with Gasteiger partial charge in [-0.1, -0.05) is 6.07 Å². The fraction of sp³-hybridized carbons (Fsp3) is 0.619. The van der Waals surface area contributed by atoms with Crippen molar-refractivity contribution in [3.05, 3.63) is 33.9 Å². The largest absolute Gasteiger partial charge is 0.479 e. The van der Waals surface area contributed by atoms with Crippen LogP contribution in [0.3, 0.4) is 0 Å². The van der Waals surface area contributed by atoms with Crippen LogP contribution < -0.4 is 0 Å². The van der Waals surface area contributed by atoms with Crippen LogP contribution in [0.4, 0.5) is 0 Å². The van der Waals surface area contributed by atoms with Gasteiger partial charge >= 0.3 is 5.97 Å². The van der Waals surface area contributed by atoms with Gasteiger partial charge in [0.25, 0.3) is 0 Å². The normalized spacial score (nSPS) is 33.6. The molecule has 0 saturated carbocycles. The van der Waals surface area contributed by atoms with Crippen LogP contribution in [0.25, 0.3) is 0 Å². The second-order valence-corrected chi connectivity index (χ2v) is 8.41. The van der Waals surface area contributed by atoms with E-state index in [1.807, 2.05) is 19.9 Å². The van der Waals surface area contributed by atoms with Gasteiger partial charge < -0.3 is 35.0 Å². The summed E-state index contributed by atoms with van der Waals surface area (Å²) in [5.74, 6) is -1.56. The van der Waals surface area contributed by atoms with Gasteiger partial charge in [0.15, 0.2) is 18.2 Å². The molecule has 30 heavy (non-hydrogen) atoms. The van der Waals surface area contributed by atoms with Gasteiger partial charge in [-0.25, -0.2) is 4.79 Å². The lowest BCUT2D eigenvalue weighted by Crippen LogP contribution is -2.60. The second-order valence-electron chi connectivity index (χ2n) is 8.41. The van der Waals surface area contributed by atoms with Crippen LogP contribution in [0, 0.1) is 19.3 Å². The van der Waals surface area contributed by atoms with E-state index in [0.29, 0.717) is 18.4 Å². The summed E-state index contributed by atoms with van der Waals surface area (Å²) in [5.41, 5.74) is 3.34. The smallest absolute Gasteiger partial charge is 0.335 e. The number of Topliss-reactive ketones (excluding diaryl/α,β-unsaturated/α-hetero) is 1. The van der Waals surface area contributed by atoms with E-state index >= 15 is 0 Å². The highest BCUT2D eigenvalue weighted by Crippen LogP contribution is 2.40. The van der Waals surface area contributed by atoms with Crippen LogP contribution in [-0.2, 0) is 27.1 Å². The molecule has 2 aliphatic rings. The first-order valence-electron chi connectivity index (χ1n) is 9.83. The Morgan fingerprint density at radius 2 is 1.90 bits per heavy atom. The summed E-state index contributed by atoms with van der Waals surface area (Å²) < 4.78 is 10.6. The molecule has 0 unspecified atom stereocenters.